The van der Waals surface area contributed by atoms with E-state index in [0.29, 0.717) is 35.7 Å². The van der Waals surface area contributed by atoms with E-state index in [1.807, 2.05) is 0 Å². The molecule has 1 aromatic carbocycles. The van der Waals surface area contributed by atoms with Crippen molar-refractivity contribution >= 4 is 23.1 Å². The number of likely N-dealkylation sites (tertiary alicyclic amines) is 1. The van der Waals surface area contributed by atoms with E-state index in [2.05, 4.69) is 26.8 Å². The highest BCUT2D eigenvalue weighted by Gasteiger charge is 2.39. The van der Waals surface area contributed by atoms with Crippen molar-refractivity contribution in [2.45, 2.75) is 31.5 Å². The second-order valence-corrected chi connectivity index (χ2v) is 8.80. The van der Waals surface area contributed by atoms with E-state index in [4.69, 9.17) is 0 Å². The van der Waals surface area contributed by atoms with Crippen LogP contribution in [-0.2, 0) is 11.0 Å². The molecule has 0 saturated carbocycles. The van der Waals surface area contributed by atoms with Crippen LogP contribution in [0, 0.1) is 0 Å². The van der Waals surface area contributed by atoms with Crippen LogP contribution in [0.5, 0.6) is 0 Å². The fourth-order valence-corrected chi connectivity index (χ4v) is 4.69. The number of rotatable bonds is 5. The molecule has 1 N–H and O–H groups in total. The Morgan fingerprint density at radius 2 is 1.84 bits per heavy atom. The van der Waals surface area contributed by atoms with Crippen LogP contribution in [0.3, 0.4) is 0 Å². The van der Waals surface area contributed by atoms with Gasteiger partial charge in [-0.15, -0.1) is 0 Å². The van der Waals surface area contributed by atoms with Crippen LogP contribution in [0.15, 0.2) is 73.7 Å². The maximum atomic E-state index is 14.1. The largest absolute Gasteiger partial charge is 0.435 e. The lowest BCUT2D eigenvalue weighted by Gasteiger charge is -2.34. The normalized spacial score (nSPS) is 15.9. The zero-order valence-electron chi connectivity index (χ0n) is 20.2. The van der Waals surface area contributed by atoms with Gasteiger partial charge in [0.2, 0.25) is 5.91 Å². The molecule has 5 rings (SSSR count). The fraction of sp³-hybridized carbons (Fsp3) is 0.222. The van der Waals surface area contributed by atoms with Gasteiger partial charge in [-0.3, -0.25) is 14.0 Å². The van der Waals surface area contributed by atoms with Crippen LogP contribution in [0.1, 0.15) is 47.2 Å². The van der Waals surface area contributed by atoms with Crippen molar-refractivity contribution in [2.75, 3.05) is 11.9 Å². The van der Waals surface area contributed by atoms with E-state index in [9.17, 15) is 22.8 Å². The lowest BCUT2D eigenvalue weighted by molar-refractivity contribution is -0.140. The van der Waals surface area contributed by atoms with Crippen molar-refractivity contribution in [1.82, 2.24) is 24.3 Å². The Balaban J connectivity index is 1.59. The van der Waals surface area contributed by atoms with Crippen LogP contribution in [-0.4, -0.2) is 42.6 Å². The number of nitrogens with zero attached hydrogens (tertiary/aromatic N) is 5. The Bertz CT molecular complexity index is 1500. The third-order valence-corrected chi connectivity index (χ3v) is 6.44. The van der Waals surface area contributed by atoms with Gasteiger partial charge in [-0.1, -0.05) is 24.8 Å². The molecule has 38 heavy (non-hydrogen) atoms. The van der Waals surface area contributed by atoms with Crippen LogP contribution >= 0.6 is 0 Å². The van der Waals surface area contributed by atoms with Gasteiger partial charge in [0.15, 0.2) is 5.69 Å². The predicted molar refractivity (Wildman–Crippen MR) is 134 cm³/mol. The number of nitrogens with one attached hydrogen (secondary N) is 1. The lowest BCUT2D eigenvalue weighted by atomic mass is 10.0. The minimum Gasteiger partial charge on any atom is -0.329 e. The molecule has 0 aliphatic carbocycles. The molecule has 8 nitrogen and oxygen atoms in total. The summed E-state index contributed by atoms with van der Waals surface area (Å²) in [4.78, 5) is 39.1. The number of benzene rings is 1. The number of hydrogen-bond acceptors (Lipinski definition) is 5. The number of imidazole rings is 1. The van der Waals surface area contributed by atoms with Crippen LogP contribution in [0.4, 0.5) is 19.0 Å². The van der Waals surface area contributed by atoms with E-state index < -0.39 is 23.8 Å². The van der Waals surface area contributed by atoms with Crippen molar-refractivity contribution in [1.29, 1.82) is 0 Å². The summed E-state index contributed by atoms with van der Waals surface area (Å²) in [6.07, 6.45) is 2.65. The summed E-state index contributed by atoms with van der Waals surface area (Å²) in [5, 5.41) is 2.67. The van der Waals surface area contributed by atoms with Gasteiger partial charge in [-0.05, 0) is 49.6 Å². The first kappa shape index (κ1) is 25.1. The number of aromatic nitrogens is 4. The predicted octanol–water partition coefficient (Wildman–Crippen LogP) is 5.30. The molecule has 1 aliphatic rings. The molecule has 3 aromatic heterocycles. The topological polar surface area (TPSA) is 92.5 Å². The van der Waals surface area contributed by atoms with Gasteiger partial charge in [0.1, 0.15) is 17.2 Å². The summed E-state index contributed by atoms with van der Waals surface area (Å²) in [6.45, 7) is 4.02. The molecule has 1 aliphatic heterocycles. The standard InChI is InChI=1S/C27H23F3N6O2/c1-2-21(37)35-15-6-4-7-19(35)25-34-22(23-24(27(28,29)30)32-14-16-36(23)25)17-9-11-18(12-10-17)26(38)33-20-8-3-5-13-31-20/h2-3,5,8-14,16,19H,1,4,6-7,15H2,(H,31,33,38)/t19-/m0/s1. The van der Waals surface area contributed by atoms with Gasteiger partial charge in [0.25, 0.3) is 5.91 Å². The molecule has 0 bridgehead atoms. The van der Waals surface area contributed by atoms with Crippen molar-refractivity contribution < 1.29 is 22.8 Å². The number of carbonyl (C=O) groups is 2. The number of anilines is 1. The highest BCUT2D eigenvalue weighted by Crippen LogP contribution is 2.39. The SMILES string of the molecule is C=CC(=O)N1CCCC[C@H]1c1nc(-c2ccc(C(=O)Nc3ccccn3)cc2)c2c(C(F)(F)F)nccn12. The zero-order chi connectivity index (χ0) is 26.9. The number of alkyl halides is 3. The Labute approximate surface area is 215 Å². The third kappa shape index (κ3) is 4.74. The van der Waals surface area contributed by atoms with Crippen LogP contribution < -0.4 is 5.32 Å². The molecule has 2 amide bonds. The molecule has 0 spiro atoms. The summed E-state index contributed by atoms with van der Waals surface area (Å²) >= 11 is 0. The summed E-state index contributed by atoms with van der Waals surface area (Å²) in [5.41, 5.74) is -0.555. The third-order valence-electron chi connectivity index (χ3n) is 6.44. The second kappa shape index (κ2) is 10.1. The molecule has 4 aromatic rings. The number of carbonyl (C=O) groups excluding carboxylic acids is 2. The molecule has 1 atom stereocenters. The summed E-state index contributed by atoms with van der Waals surface area (Å²) < 4.78 is 43.6. The molecule has 11 heteroatoms. The molecular formula is C27H23F3N6O2. The Morgan fingerprint density at radius 1 is 1.05 bits per heavy atom. The average Bonchev–Trinajstić information content (AvgIpc) is 3.32. The van der Waals surface area contributed by atoms with E-state index >= 15 is 0 Å². The Kier molecular flexibility index (Phi) is 6.66. The van der Waals surface area contributed by atoms with Crippen molar-refractivity contribution in [2.24, 2.45) is 0 Å². The number of piperidine rings is 1. The van der Waals surface area contributed by atoms with Crippen molar-refractivity contribution in [3.8, 4) is 11.3 Å². The molecule has 1 fully saturated rings. The maximum Gasteiger partial charge on any atom is 0.435 e. The number of pyridine rings is 1. The quantitative estimate of drug-likeness (QED) is 0.361. The first-order chi connectivity index (χ1) is 18.3. The number of amides is 2. The molecule has 4 heterocycles. The van der Waals surface area contributed by atoms with Gasteiger partial charge >= 0.3 is 6.18 Å². The summed E-state index contributed by atoms with van der Waals surface area (Å²) in [6, 6.07) is 10.7. The first-order valence-electron chi connectivity index (χ1n) is 12.0. The minimum atomic E-state index is -4.74. The fourth-order valence-electron chi connectivity index (χ4n) is 4.69. The van der Waals surface area contributed by atoms with Gasteiger partial charge < -0.3 is 10.2 Å². The van der Waals surface area contributed by atoms with E-state index in [-0.39, 0.29) is 17.1 Å². The smallest absolute Gasteiger partial charge is 0.329 e. The lowest BCUT2D eigenvalue weighted by Crippen LogP contribution is -2.38. The average molecular weight is 521 g/mol. The Morgan fingerprint density at radius 3 is 2.53 bits per heavy atom. The van der Waals surface area contributed by atoms with Gasteiger partial charge in [0, 0.05) is 36.3 Å². The van der Waals surface area contributed by atoms with E-state index in [0.717, 1.165) is 19.0 Å². The monoisotopic (exact) mass is 520 g/mol. The van der Waals surface area contributed by atoms with Gasteiger partial charge in [0.05, 0.1) is 11.7 Å². The van der Waals surface area contributed by atoms with E-state index in [1.54, 1.807) is 41.4 Å². The maximum absolute atomic E-state index is 14.1. The molecular weight excluding hydrogens is 497 g/mol. The minimum absolute atomic E-state index is 0.0636. The first-order valence-corrected chi connectivity index (χ1v) is 12.0. The van der Waals surface area contributed by atoms with E-state index in [1.165, 1.54) is 28.8 Å². The van der Waals surface area contributed by atoms with Crippen molar-refractivity contribution in [3.05, 3.63) is 90.8 Å². The highest BCUT2D eigenvalue weighted by atomic mass is 19.4. The molecule has 0 radical (unpaired) electrons. The number of fused-ring (bicyclic) bond motifs is 1. The second-order valence-electron chi connectivity index (χ2n) is 8.80. The highest BCUT2D eigenvalue weighted by molar-refractivity contribution is 6.04. The molecule has 194 valence electrons. The van der Waals surface area contributed by atoms with Crippen LogP contribution in [0.25, 0.3) is 16.8 Å². The molecule has 1 saturated heterocycles. The van der Waals surface area contributed by atoms with Gasteiger partial charge in [-0.25, -0.2) is 15.0 Å². The zero-order valence-corrected chi connectivity index (χ0v) is 20.2. The van der Waals surface area contributed by atoms with Crippen molar-refractivity contribution in [3.63, 3.8) is 0 Å². The Hall–Kier alpha value is -4.54. The number of halogens is 3. The summed E-state index contributed by atoms with van der Waals surface area (Å²) in [7, 11) is 0. The molecule has 0 unspecified atom stereocenters. The number of hydrogen-bond donors (Lipinski definition) is 1. The van der Waals surface area contributed by atoms with Gasteiger partial charge in [-0.2, -0.15) is 13.2 Å². The summed E-state index contributed by atoms with van der Waals surface area (Å²) in [5.74, 6) is -0.0291. The van der Waals surface area contributed by atoms with Crippen LogP contribution in [0.2, 0.25) is 0 Å².